The van der Waals surface area contributed by atoms with E-state index in [1.807, 2.05) is 42.5 Å². The molecule has 2 aliphatic rings. The second-order valence-corrected chi connectivity index (χ2v) is 28.5. The van der Waals surface area contributed by atoms with E-state index in [1.165, 1.54) is 93.2 Å². The molecule has 6 heteroatoms. The summed E-state index contributed by atoms with van der Waals surface area (Å²) < 4.78 is 13.3. The van der Waals surface area contributed by atoms with Gasteiger partial charge in [0.05, 0.1) is 44.8 Å². The largest absolute Gasteiger partial charge is 0.456 e. The number of hydrogen-bond acceptors (Lipinski definition) is 6. The lowest BCUT2D eigenvalue weighted by molar-refractivity contribution is 0.299. The molecule has 0 amide bonds. The topological polar surface area (TPSA) is 77.8 Å². The molecule has 0 unspecified atom stereocenters. The van der Waals surface area contributed by atoms with Crippen LogP contribution in [0.3, 0.4) is 0 Å². The standard InChI is InChI=1S/C48H36N2O.C42H32N2O/c1-47(2)38-27-32(33-20-25-39-40(28-33)50-45(31-16-9-6-10-17-31)44(49-39)30-14-7-5-8-15-30)19-22-35(38)36-23-24-37-42-34-18-12-11-13-29(34)21-26-41(42)51-46(37)43(36)48(47,3)4;1-41(2)33-21-28(40-39(25-12-6-5-7-13-25)43-35-16-10-11-17-36(35)44-40)18-19-29(33)30-24-38-32(23-34(30)42(41,3)4)31-20-26-14-8-9-15-27(26)22-37(31)45-38/h5-28H,1-4H3;5-24H,1-4H3. The number of para-hydroxylation sites is 2. The van der Waals surface area contributed by atoms with E-state index in [2.05, 4.69) is 280 Å². The van der Waals surface area contributed by atoms with Gasteiger partial charge in [-0.25, -0.2) is 19.9 Å². The molecule has 6 nitrogen and oxygen atoms in total. The van der Waals surface area contributed by atoms with E-state index in [9.17, 15) is 0 Å². The minimum absolute atomic E-state index is 0.153. The van der Waals surface area contributed by atoms with E-state index >= 15 is 0 Å². The molecule has 0 fully saturated rings. The van der Waals surface area contributed by atoms with Gasteiger partial charge in [0.2, 0.25) is 0 Å². The zero-order chi connectivity index (χ0) is 65.0. The molecule has 460 valence electrons. The molecule has 13 aromatic carbocycles. The third-order valence-electron chi connectivity index (χ3n) is 22.4. The van der Waals surface area contributed by atoms with Crippen LogP contribution in [0.25, 0.3) is 166 Å². The van der Waals surface area contributed by atoms with Crippen LogP contribution in [0.15, 0.2) is 276 Å². The highest BCUT2D eigenvalue weighted by atomic mass is 16.3. The second-order valence-electron chi connectivity index (χ2n) is 28.5. The van der Waals surface area contributed by atoms with E-state index in [4.69, 9.17) is 28.8 Å². The number of benzene rings is 13. The normalized spacial score (nSPS) is 14.8. The maximum Gasteiger partial charge on any atom is 0.139 e. The van der Waals surface area contributed by atoms with E-state index in [1.54, 1.807) is 0 Å². The lowest BCUT2D eigenvalue weighted by atomic mass is 9.55. The third kappa shape index (κ3) is 8.63. The first-order valence-electron chi connectivity index (χ1n) is 33.4. The summed E-state index contributed by atoms with van der Waals surface area (Å²) in [6.45, 7) is 19.1. The number of fused-ring (bicyclic) bond motifs is 18. The number of furan rings is 2. The van der Waals surface area contributed by atoms with Gasteiger partial charge >= 0.3 is 0 Å². The van der Waals surface area contributed by atoms with Gasteiger partial charge in [-0.15, -0.1) is 0 Å². The Morgan fingerprint density at radius 1 is 0.250 bits per heavy atom. The van der Waals surface area contributed by atoms with Crippen LogP contribution in [0.2, 0.25) is 0 Å². The van der Waals surface area contributed by atoms with Gasteiger partial charge < -0.3 is 8.83 Å². The van der Waals surface area contributed by atoms with Crippen molar-refractivity contribution in [1.82, 2.24) is 19.9 Å². The molecular weight excluding hydrogens is 1170 g/mol. The first-order valence-corrected chi connectivity index (χ1v) is 33.4. The Morgan fingerprint density at radius 3 is 1.33 bits per heavy atom. The molecule has 0 spiro atoms. The summed E-state index contributed by atoms with van der Waals surface area (Å²) in [7, 11) is 0. The van der Waals surface area contributed by atoms with Crippen molar-refractivity contribution >= 4 is 87.5 Å². The van der Waals surface area contributed by atoms with Crippen molar-refractivity contribution in [2.45, 2.75) is 77.0 Å². The van der Waals surface area contributed by atoms with E-state index in [0.29, 0.717) is 0 Å². The van der Waals surface area contributed by atoms with Gasteiger partial charge in [-0.05, 0) is 161 Å². The molecule has 0 N–H and O–H groups in total. The van der Waals surface area contributed by atoms with Crippen molar-refractivity contribution in [2.24, 2.45) is 0 Å². The highest BCUT2D eigenvalue weighted by Crippen LogP contribution is 2.59. The van der Waals surface area contributed by atoms with E-state index in [-0.39, 0.29) is 21.7 Å². The minimum atomic E-state index is -0.218. The summed E-state index contributed by atoms with van der Waals surface area (Å²) in [5.41, 5.74) is 27.1. The molecule has 96 heavy (non-hydrogen) atoms. The fraction of sp³-hybridized carbons (Fsp3) is 0.133. The molecule has 0 radical (unpaired) electrons. The Hall–Kier alpha value is -11.3. The average Bonchev–Trinajstić information content (AvgIpc) is 1.22. The van der Waals surface area contributed by atoms with E-state index < -0.39 is 0 Å². The van der Waals surface area contributed by atoms with Gasteiger partial charge in [0, 0.05) is 54.8 Å². The fourth-order valence-electron chi connectivity index (χ4n) is 15.8. The van der Waals surface area contributed by atoms with Crippen LogP contribution in [-0.4, -0.2) is 19.9 Å². The van der Waals surface area contributed by atoms with Crippen molar-refractivity contribution in [3.05, 3.63) is 289 Å². The molecular formula is C90H68N4O2. The van der Waals surface area contributed by atoms with Crippen LogP contribution in [0, 0.1) is 0 Å². The van der Waals surface area contributed by atoms with Crippen LogP contribution in [-0.2, 0) is 21.7 Å². The molecule has 0 saturated heterocycles. The summed E-state index contributed by atoms with van der Waals surface area (Å²) in [6, 6.07) is 94.7. The highest BCUT2D eigenvalue weighted by Gasteiger charge is 2.49. The quantitative estimate of drug-likeness (QED) is 0.171. The zero-order valence-corrected chi connectivity index (χ0v) is 55.0. The molecule has 0 atom stereocenters. The van der Waals surface area contributed by atoms with Gasteiger partial charge in [0.15, 0.2) is 0 Å². The van der Waals surface area contributed by atoms with Crippen molar-refractivity contribution in [3.8, 4) is 78.4 Å². The second kappa shape index (κ2) is 21.1. The van der Waals surface area contributed by atoms with Crippen molar-refractivity contribution in [1.29, 1.82) is 0 Å². The average molecular weight is 1240 g/mol. The van der Waals surface area contributed by atoms with Crippen molar-refractivity contribution < 1.29 is 8.83 Å². The first-order chi connectivity index (χ1) is 46.6. The number of rotatable bonds is 5. The molecule has 0 bridgehead atoms. The molecule has 0 aliphatic heterocycles. The van der Waals surface area contributed by atoms with Gasteiger partial charge in [-0.3, -0.25) is 0 Å². The predicted octanol–water partition coefficient (Wildman–Crippen LogP) is 24.2. The number of nitrogens with zero attached hydrogens (tertiary/aromatic N) is 4. The third-order valence-corrected chi connectivity index (χ3v) is 22.4. The minimum Gasteiger partial charge on any atom is -0.456 e. The zero-order valence-electron chi connectivity index (χ0n) is 55.0. The summed E-state index contributed by atoms with van der Waals surface area (Å²) >= 11 is 0. The molecule has 0 saturated carbocycles. The number of hydrogen-bond donors (Lipinski definition) is 0. The molecule has 2 aliphatic carbocycles. The van der Waals surface area contributed by atoms with Crippen LogP contribution >= 0.6 is 0 Å². The maximum atomic E-state index is 6.80. The van der Waals surface area contributed by atoms with E-state index in [0.717, 1.165) is 95.0 Å². The molecule has 4 aromatic heterocycles. The van der Waals surface area contributed by atoms with Gasteiger partial charge in [0.25, 0.3) is 0 Å². The lowest BCUT2D eigenvalue weighted by Crippen LogP contribution is -2.43. The van der Waals surface area contributed by atoms with Crippen LogP contribution in [0.5, 0.6) is 0 Å². The summed E-state index contributed by atoms with van der Waals surface area (Å²) in [4.78, 5) is 20.8. The molecule has 19 rings (SSSR count). The monoisotopic (exact) mass is 1240 g/mol. The fourth-order valence-corrected chi connectivity index (χ4v) is 15.8. The van der Waals surface area contributed by atoms with Gasteiger partial charge in [-0.2, -0.15) is 0 Å². The van der Waals surface area contributed by atoms with Gasteiger partial charge in [0.1, 0.15) is 22.3 Å². The van der Waals surface area contributed by atoms with Crippen LogP contribution < -0.4 is 0 Å². The van der Waals surface area contributed by atoms with Crippen molar-refractivity contribution in [2.75, 3.05) is 0 Å². The Kier molecular flexibility index (Phi) is 12.6. The SMILES string of the molecule is CC1(C)c2cc(-c3ccc4nc(-c5ccccc5)c(-c5ccccc5)nc4c3)ccc2-c2ccc3c(oc4ccc5ccccc5c43)c2C1(C)C.CC1(C)c2cc(-c3nc4ccccc4nc3-c3ccccc3)ccc2-c2cc3oc4cc5ccccc5cc4c3cc2C1(C)C. The maximum absolute atomic E-state index is 6.80. The first kappa shape index (κ1) is 57.3. The summed E-state index contributed by atoms with van der Waals surface area (Å²) in [6.07, 6.45) is 0. The Morgan fingerprint density at radius 2 is 0.698 bits per heavy atom. The summed E-state index contributed by atoms with van der Waals surface area (Å²) in [5.74, 6) is 0. The molecule has 17 aromatic rings. The predicted molar refractivity (Wildman–Crippen MR) is 399 cm³/mol. The van der Waals surface area contributed by atoms with Crippen LogP contribution in [0.4, 0.5) is 0 Å². The molecule has 4 heterocycles. The Balaban J connectivity index is 0.000000141. The van der Waals surface area contributed by atoms with Crippen LogP contribution in [0.1, 0.15) is 77.6 Å². The summed E-state index contributed by atoms with van der Waals surface area (Å²) in [5, 5.41) is 9.63. The lowest BCUT2D eigenvalue weighted by Gasteiger charge is -2.48. The highest BCUT2D eigenvalue weighted by molar-refractivity contribution is 6.20. The van der Waals surface area contributed by atoms with Gasteiger partial charge in [-0.1, -0.05) is 250 Å². The smallest absolute Gasteiger partial charge is 0.139 e. The number of aromatic nitrogens is 4. The van der Waals surface area contributed by atoms with Crippen molar-refractivity contribution in [3.63, 3.8) is 0 Å². The Labute approximate surface area is 557 Å². The Bertz CT molecular complexity index is 6070.